The molecule has 20 heavy (non-hydrogen) atoms. The smallest absolute Gasteiger partial charge is 0.302 e. The molecular weight excluding hydrogens is 486 g/mol. The lowest BCUT2D eigenvalue weighted by atomic mass is 10.00. The lowest BCUT2D eigenvalue weighted by Gasteiger charge is -2.18. The first kappa shape index (κ1) is 17.7. The second-order valence-electron chi connectivity index (χ2n) is 4.40. The minimum atomic E-state index is -0.309. The molecule has 0 fully saturated rings. The van der Waals surface area contributed by atoms with E-state index in [1.54, 1.807) is 0 Å². The highest BCUT2D eigenvalue weighted by molar-refractivity contribution is 14.1. The monoisotopic (exact) mass is 502 g/mol. The number of carbonyl (C=O) groups excluding carboxylic acids is 2. The fraction of sp³-hybridized carbons (Fsp3) is 0.429. The summed E-state index contributed by atoms with van der Waals surface area (Å²) in [6, 6.07) is 0. The maximum absolute atomic E-state index is 11.0. The second kappa shape index (κ2) is 7.58. The number of hydrogen-bond acceptors (Lipinski definition) is 4. The van der Waals surface area contributed by atoms with Crippen molar-refractivity contribution in [3.63, 3.8) is 0 Å². The summed E-state index contributed by atoms with van der Waals surface area (Å²) in [6.07, 6.45) is 0. The van der Waals surface area contributed by atoms with Crippen LogP contribution in [-0.2, 0) is 32.3 Å². The van der Waals surface area contributed by atoms with Gasteiger partial charge in [0.1, 0.15) is 13.2 Å². The first-order chi connectivity index (χ1) is 9.25. The van der Waals surface area contributed by atoms with E-state index in [4.69, 9.17) is 9.47 Å². The molecule has 0 aromatic heterocycles. The van der Waals surface area contributed by atoms with Crippen LogP contribution in [0.2, 0.25) is 0 Å². The van der Waals surface area contributed by atoms with Gasteiger partial charge in [-0.3, -0.25) is 9.59 Å². The molecule has 0 N–H and O–H groups in total. The summed E-state index contributed by atoms with van der Waals surface area (Å²) in [6.45, 7) is 7.28. The van der Waals surface area contributed by atoms with Crippen LogP contribution in [0.25, 0.3) is 0 Å². The van der Waals surface area contributed by atoms with E-state index in [9.17, 15) is 9.59 Å². The van der Waals surface area contributed by atoms with Crippen molar-refractivity contribution >= 4 is 57.1 Å². The Morgan fingerprint density at radius 1 is 0.850 bits per heavy atom. The van der Waals surface area contributed by atoms with Crippen molar-refractivity contribution in [2.75, 3.05) is 0 Å². The molecule has 0 unspecified atom stereocenters. The van der Waals surface area contributed by atoms with Gasteiger partial charge in [-0.25, -0.2) is 0 Å². The van der Waals surface area contributed by atoms with Gasteiger partial charge in [-0.15, -0.1) is 0 Å². The predicted molar refractivity (Wildman–Crippen MR) is 92.3 cm³/mol. The average Bonchev–Trinajstić information content (AvgIpc) is 2.35. The molecule has 1 aromatic carbocycles. The van der Waals surface area contributed by atoms with Gasteiger partial charge in [-0.1, -0.05) is 0 Å². The molecule has 6 heteroatoms. The van der Waals surface area contributed by atoms with E-state index in [1.165, 1.54) is 13.8 Å². The molecule has 0 saturated carbocycles. The van der Waals surface area contributed by atoms with E-state index >= 15 is 0 Å². The standard InChI is InChI=1S/C14H16I2O4/c1-7-8(2)13(15)12(6-20-10(4)18)14(16)11(7)5-19-9(3)17/h5-6H2,1-4H3. The quantitative estimate of drug-likeness (QED) is 0.467. The lowest BCUT2D eigenvalue weighted by molar-refractivity contribution is -0.143. The highest BCUT2D eigenvalue weighted by Gasteiger charge is 2.18. The third kappa shape index (κ3) is 4.31. The molecule has 1 aromatic rings. The van der Waals surface area contributed by atoms with E-state index in [1.807, 2.05) is 13.8 Å². The summed E-state index contributed by atoms with van der Waals surface area (Å²) < 4.78 is 12.3. The molecule has 4 nitrogen and oxygen atoms in total. The van der Waals surface area contributed by atoms with Crippen LogP contribution in [0.4, 0.5) is 0 Å². The number of benzene rings is 1. The summed E-state index contributed by atoms with van der Waals surface area (Å²) in [5.74, 6) is -0.616. The van der Waals surface area contributed by atoms with Gasteiger partial charge in [-0.2, -0.15) is 0 Å². The predicted octanol–water partition coefficient (Wildman–Crippen LogP) is 3.64. The Morgan fingerprint density at radius 2 is 1.30 bits per heavy atom. The molecule has 0 aliphatic heterocycles. The second-order valence-corrected chi connectivity index (χ2v) is 6.55. The number of rotatable bonds is 4. The molecule has 0 atom stereocenters. The Labute approximate surface area is 145 Å². The van der Waals surface area contributed by atoms with Gasteiger partial charge in [0.05, 0.1) is 0 Å². The highest BCUT2D eigenvalue weighted by atomic mass is 127. The Balaban J connectivity index is 3.23. The third-order valence-electron chi connectivity index (χ3n) is 2.98. The van der Waals surface area contributed by atoms with Crippen molar-refractivity contribution in [3.05, 3.63) is 29.4 Å². The Bertz CT molecular complexity index is 508. The number of halogens is 2. The summed E-state index contributed by atoms with van der Waals surface area (Å²) in [7, 11) is 0. The SMILES string of the molecule is CC(=O)OCc1c(C)c(C)c(I)c(COC(C)=O)c1I. The van der Waals surface area contributed by atoms with Gasteiger partial charge in [0.15, 0.2) is 0 Å². The largest absolute Gasteiger partial charge is 0.461 e. The fourth-order valence-corrected chi connectivity index (χ4v) is 4.04. The zero-order chi connectivity index (χ0) is 15.4. The fourth-order valence-electron chi connectivity index (χ4n) is 1.71. The Hall–Kier alpha value is -0.380. The molecule has 0 aliphatic rings. The lowest BCUT2D eigenvalue weighted by Crippen LogP contribution is -2.10. The van der Waals surface area contributed by atoms with Crippen LogP contribution in [0.15, 0.2) is 0 Å². The van der Waals surface area contributed by atoms with Crippen molar-refractivity contribution in [2.24, 2.45) is 0 Å². The van der Waals surface area contributed by atoms with Gasteiger partial charge in [0.25, 0.3) is 0 Å². The summed E-state index contributed by atoms with van der Waals surface area (Å²) in [5.41, 5.74) is 4.16. The Kier molecular flexibility index (Phi) is 6.70. The van der Waals surface area contributed by atoms with Crippen LogP contribution in [0.5, 0.6) is 0 Å². The topological polar surface area (TPSA) is 52.6 Å². The van der Waals surface area contributed by atoms with E-state index in [0.717, 1.165) is 29.4 Å². The average molecular weight is 502 g/mol. The first-order valence-electron chi connectivity index (χ1n) is 5.98. The maximum Gasteiger partial charge on any atom is 0.302 e. The molecule has 1 rings (SSSR count). The molecular formula is C14H16I2O4. The molecule has 0 radical (unpaired) electrons. The van der Waals surface area contributed by atoms with E-state index in [2.05, 4.69) is 45.2 Å². The number of esters is 2. The maximum atomic E-state index is 11.0. The van der Waals surface area contributed by atoms with Crippen molar-refractivity contribution < 1.29 is 19.1 Å². The van der Waals surface area contributed by atoms with Gasteiger partial charge < -0.3 is 9.47 Å². The molecule has 0 aliphatic carbocycles. The van der Waals surface area contributed by atoms with Crippen LogP contribution in [0, 0.1) is 21.0 Å². The van der Waals surface area contributed by atoms with Crippen LogP contribution in [-0.4, -0.2) is 11.9 Å². The summed E-state index contributed by atoms with van der Waals surface area (Å²) >= 11 is 4.47. The number of ether oxygens (including phenoxy) is 2. The molecule has 0 heterocycles. The van der Waals surface area contributed by atoms with E-state index < -0.39 is 0 Å². The minimum Gasteiger partial charge on any atom is -0.461 e. The zero-order valence-corrected chi connectivity index (χ0v) is 16.1. The third-order valence-corrected chi connectivity index (χ3v) is 5.74. The molecule has 0 saturated heterocycles. The van der Waals surface area contributed by atoms with Crippen LogP contribution in [0.3, 0.4) is 0 Å². The number of carbonyl (C=O) groups is 2. The molecule has 110 valence electrons. The van der Waals surface area contributed by atoms with Gasteiger partial charge in [0.2, 0.25) is 0 Å². The molecule has 0 spiro atoms. The summed E-state index contributed by atoms with van der Waals surface area (Å²) in [4.78, 5) is 22.0. The van der Waals surface area contributed by atoms with Crippen LogP contribution >= 0.6 is 45.2 Å². The highest BCUT2D eigenvalue weighted by Crippen LogP contribution is 2.31. The zero-order valence-electron chi connectivity index (χ0n) is 11.8. The summed E-state index contributed by atoms with van der Waals surface area (Å²) in [5, 5.41) is 0. The van der Waals surface area contributed by atoms with Crippen LogP contribution < -0.4 is 0 Å². The van der Waals surface area contributed by atoms with Crippen molar-refractivity contribution in [2.45, 2.75) is 40.9 Å². The first-order valence-corrected chi connectivity index (χ1v) is 8.14. The van der Waals surface area contributed by atoms with Gasteiger partial charge >= 0.3 is 11.9 Å². The normalized spacial score (nSPS) is 10.3. The van der Waals surface area contributed by atoms with Crippen molar-refractivity contribution in [3.8, 4) is 0 Å². The van der Waals surface area contributed by atoms with Crippen LogP contribution in [0.1, 0.15) is 36.1 Å². The minimum absolute atomic E-state index is 0.236. The van der Waals surface area contributed by atoms with E-state index in [0.29, 0.717) is 0 Å². The van der Waals surface area contributed by atoms with Gasteiger partial charge in [0, 0.05) is 32.1 Å². The van der Waals surface area contributed by atoms with Crippen molar-refractivity contribution in [1.29, 1.82) is 0 Å². The van der Waals surface area contributed by atoms with Gasteiger partial charge in [-0.05, 0) is 70.2 Å². The van der Waals surface area contributed by atoms with E-state index in [-0.39, 0.29) is 25.2 Å². The number of hydrogen-bond donors (Lipinski definition) is 0. The van der Waals surface area contributed by atoms with Crippen molar-refractivity contribution in [1.82, 2.24) is 0 Å². The Morgan fingerprint density at radius 3 is 1.75 bits per heavy atom. The molecule has 0 bridgehead atoms. The molecule has 0 amide bonds.